The van der Waals surface area contributed by atoms with Crippen molar-refractivity contribution >= 4 is 11.9 Å². The van der Waals surface area contributed by atoms with Gasteiger partial charge in [0.15, 0.2) is 0 Å². The van der Waals surface area contributed by atoms with Crippen LogP contribution < -0.4 is 0 Å². The van der Waals surface area contributed by atoms with Crippen LogP contribution in [0.25, 0.3) is 0 Å². The van der Waals surface area contributed by atoms with E-state index in [9.17, 15) is 9.59 Å². The van der Waals surface area contributed by atoms with Crippen LogP contribution in [-0.2, 0) is 14.3 Å². The maximum Gasteiger partial charge on any atom is 0.308 e. The minimum Gasteiger partial charge on any atom is -0.481 e. The molecular formula is C8H12O4. The standard InChI is InChI=1S/C8H12O4/c1-12-8(11)6-3-2-5(6)4-7(9)10/h5-6H,2-4H2,1H3,(H,9,10)/t5-,6+/m0/s1. The quantitative estimate of drug-likeness (QED) is 0.635. The van der Waals surface area contributed by atoms with Gasteiger partial charge in [0, 0.05) is 6.42 Å². The van der Waals surface area contributed by atoms with Gasteiger partial charge in [-0.1, -0.05) is 0 Å². The SMILES string of the molecule is COC(=O)[C@@H]1CC[C@H]1CC(=O)O. The summed E-state index contributed by atoms with van der Waals surface area (Å²) in [6.07, 6.45) is 1.68. The van der Waals surface area contributed by atoms with Crippen molar-refractivity contribution in [2.45, 2.75) is 19.3 Å². The summed E-state index contributed by atoms with van der Waals surface area (Å²) in [6.45, 7) is 0. The van der Waals surface area contributed by atoms with E-state index in [1.807, 2.05) is 0 Å². The Morgan fingerprint density at radius 1 is 1.50 bits per heavy atom. The lowest BCUT2D eigenvalue weighted by Gasteiger charge is -2.32. The predicted octanol–water partition coefficient (Wildman–Crippen LogP) is 0.660. The number of esters is 1. The number of hydrogen-bond acceptors (Lipinski definition) is 3. The van der Waals surface area contributed by atoms with Crippen LogP contribution in [0, 0.1) is 11.8 Å². The Hall–Kier alpha value is -1.06. The predicted molar refractivity (Wildman–Crippen MR) is 40.5 cm³/mol. The molecule has 12 heavy (non-hydrogen) atoms. The lowest BCUT2D eigenvalue weighted by atomic mass is 9.72. The van der Waals surface area contributed by atoms with Crippen molar-refractivity contribution in [2.75, 3.05) is 7.11 Å². The fourth-order valence-corrected chi connectivity index (χ4v) is 1.50. The molecule has 0 unspecified atom stereocenters. The van der Waals surface area contributed by atoms with Gasteiger partial charge in [0.2, 0.25) is 0 Å². The Bertz CT molecular complexity index is 199. The molecule has 0 radical (unpaired) electrons. The van der Waals surface area contributed by atoms with E-state index in [1.165, 1.54) is 7.11 Å². The van der Waals surface area contributed by atoms with E-state index >= 15 is 0 Å². The van der Waals surface area contributed by atoms with Gasteiger partial charge in [0.25, 0.3) is 0 Å². The molecule has 0 aromatic rings. The van der Waals surface area contributed by atoms with E-state index in [1.54, 1.807) is 0 Å². The highest BCUT2D eigenvalue weighted by molar-refractivity contribution is 5.75. The first-order chi connectivity index (χ1) is 5.65. The third-order valence-corrected chi connectivity index (χ3v) is 2.36. The van der Waals surface area contributed by atoms with Crippen LogP contribution in [0.15, 0.2) is 0 Å². The van der Waals surface area contributed by atoms with Gasteiger partial charge in [0.1, 0.15) is 0 Å². The van der Waals surface area contributed by atoms with Gasteiger partial charge in [-0.25, -0.2) is 0 Å². The molecule has 2 atom stereocenters. The van der Waals surface area contributed by atoms with Gasteiger partial charge >= 0.3 is 11.9 Å². The Kier molecular flexibility index (Phi) is 2.68. The average molecular weight is 172 g/mol. The molecule has 0 aromatic carbocycles. The maximum atomic E-state index is 11.0. The fourth-order valence-electron chi connectivity index (χ4n) is 1.50. The van der Waals surface area contributed by atoms with Crippen LogP contribution in [0.2, 0.25) is 0 Å². The molecule has 4 nitrogen and oxygen atoms in total. The third kappa shape index (κ3) is 1.75. The van der Waals surface area contributed by atoms with Crippen molar-refractivity contribution in [2.24, 2.45) is 11.8 Å². The van der Waals surface area contributed by atoms with Crippen LogP contribution >= 0.6 is 0 Å². The van der Waals surface area contributed by atoms with Crippen molar-refractivity contribution in [1.82, 2.24) is 0 Å². The normalized spacial score (nSPS) is 27.4. The lowest BCUT2D eigenvalue weighted by Crippen LogP contribution is -2.35. The Morgan fingerprint density at radius 3 is 2.50 bits per heavy atom. The summed E-state index contributed by atoms with van der Waals surface area (Å²) in [4.78, 5) is 21.3. The van der Waals surface area contributed by atoms with Gasteiger partial charge in [-0.15, -0.1) is 0 Å². The first kappa shape index (κ1) is 9.03. The number of methoxy groups -OCH3 is 1. The summed E-state index contributed by atoms with van der Waals surface area (Å²) >= 11 is 0. The number of carboxylic acids is 1. The van der Waals surface area contributed by atoms with Gasteiger partial charge in [0.05, 0.1) is 13.0 Å². The van der Waals surface area contributed by atoms with E-state index < -0.39 is 5.97 Å². The highest BCUT2D eigenvalue weighted by Crippen LogP contribution is 2.37. The minimum absolute atomic E-state index is 0.00468. The second-order valence-electron chi connectivity index (χ2n) is 3.06. The van der Waals surface area contributed by atoms with Gasteiger partial charge < -0.3 is 9.84 Å². The second kappa shape index (κ2) is 3.56. The largest absolute Gasteiger partial charge is 0.481 e. The molecule has 0 bridgehead atoms. The van der Waals surface area contributed by atoms with Crippen LogP contribution in [0.4, 0.5) is 0 Å². The van der Waals surface area contributed by atoms with Crippen LogP contribution in [0.5, 0.6) is 0 Å². The van der Waals surface area contributed by atoms with Crippen LogP contribution in [0.1, 0.15) is 19.3 Å². The summed E-state index contributed by atoms with van der Waals surface area (Å²) in [7, 11) is 1.33. The minimum atomic E-state index is -0.839. The topological polar surface area (TPSA) is 63.6 Å². The molecule has 1 saturated carbocycles. The van der Waals surface area contributed by atoms with E-state index in [4.69, 9.17) is 5.11 Å². The summed E-state index contributed by atoms with van der Waals surface area (Å²) in [6, 6.07) is 0. The van der Waals surface area contributed by atoms with Crippen LogP contribution in [-0.4, -0.2) is 24.2 Å². The number of aliphatic carboxylic acids is 1. The number of hydrogen-bond donors (Lipinski definition) is 1. The second-order valence-corrected chi connectivity index (χ2v) is 3.06. The van der Waals surface area contributed by atoms with Crippen molar-refractivity contribution in [3.8, 4) is 0 Å². The molecule has 1 rings (SSSR count). The van der Waals surface area contributed by atoms with Gasteiger partial charge in [-0.3, -0.25) is 9.59 Å². The van der Waals surface area contributed by atoms with E-state index in [2.05, 4.69) is 4.74 Å². The molecule has 0 saturated heterocycles. The van der Waals surface area contributed by atoms with Crippen LogP contribution in [0.3, 0.4) is 0 Å². The smallest absolute Gasteiger partial charge is 0.308 e. The molecule has 0 heterocycles. The van der Waals surface area contributed by atoms with Crippen molar-refractivity contribution in [1.29, 1.82) is 0 Å². The Morgan fingerprint density at radius 2 is 2.17 bits per heavy atom. The number of rotatable bonds is 3. The molecule has 4 heteroatoms. The molecule has 1 N–H and O–H groups in total. The van der Waals surface area contributed by atoms with Crippen molar-refractivity contribution in [3.63, 3.8) is 0 Å². The van der Waals surface area contributed by atoms with Crippen molar-refractivity contribution in [3.05, 3.63) is 0 Å². The van der Waals surface area contributed by atoms with Crippen molar-refractivity contribution < 1.29 is 19.4 Å². The molecule has 0 spiro atoms. The number of carbonyl (C=O) groups is 2. The molecule has 1 fully saturated rings. The first-order valence-corrected chi connectivity index (χ1v) is 3.94. The van der Waals surface area contributed by atoms with E-state index in [0.717, 1.165) is 12.8 Å². The molecule has 1 aliphatic carbocycles. The summed E-state index contributed by atoms with van der Waals surface area (Å²) in [5.74, 6) is -1.29. The number of carboxylic acid groups (broad SMARTS) is 1. The zero-order valence-corrected chi connectivity index (χ0v) is 6.95. The zero-order valence-electron chi connectivity index (χ0n) is 6.95. The average Bonchev–Trinajstić information content (AvgIpc) is 1.98. The lowest BCUT2D eigenvalue weighted by molar-refractivity contribution is -0.153. The first-order valence-electron chi connectivity index (χ1n) is 3.94. The summed E-state index contributed by atoms with van der Waals surface area (Å²) < 4.78 is 4.53. The monoisotopic (exact) mass is 172 g/mol. The zero-order chi connectivity index (χ0) is 9.14. The molecule has 0 amide bonds. The molecular weight excluding hydrogens is 160 g/mol. The Balaban J connectivity index is 2.38. The highest BCUT2D eigenvalue weighted by Gasteiger charge is 2.38. The summed E-state index contributed by atoms with van der Waals surface area (Å²) in [5, 5.41) is 8.47. The third-order valence-electron chi connectivity index (χ3n) is 2.36. The maximum absolute atomic E-state index is 11.0. The Labute approximate surface area is 70.5 Å². The molecule has 0 aromatic heterocycles. The molecule has 0 aliphatic heterocycles. The van der Waals surface area contributed by atoms with E-state index in [0.29, 0.717) is 0 Å². The summed E-state index contributed by atoms with van der Waals surface area (Å²) in [5.41, 5.74) is 0. The molecule has 1 aliphatic rings. The van der Waals surface area contributed by atoms with E-state index in [-0.39, 0.29) is 24.2 Å². The highest BCUT2D eigenvalue weighted by atomic mass is 16.5. The number of ether oxygens (including phenoxy) is 1. The van der Waals surface area contributed by atoms with Gasteiger partial charge in [-0.05, 0) is 18.8 Å². The fraction of sp³-hybridized carbons (Fsp3) is 0.750. The molecule has 68 valence electrons. The number of carbonyl (C=O) groups excluding carboxylic acids is 1. The van der Waals surface area contributed by atoms with Gasteiger partial charge in [-0.2, -0.15) is 0 Å².